The molecule has 1 saturated carbocycles. The Kier molecular flexibility index (Phi) is 7.59. The number of hydrogen-bond donors (Lipinski definition) is 3. The molecule has 0 radical (unpaired) electrons. The standard InChI is InChI=1S/C19H29F2N5O3S/c20-16(21)12-24-30(28,29)15-11-23-17(10-14(15)26-8-4-5-9-26)25-19(27)18(22)13-6-2-1-3-7-13/h10-11,13,16,18,24H,1-9,12,22H2,(H,23,25,27)/t18-/m0/s1. The summed E-state index contributed by atoms with van der Waals surface area (Å²) < 4.78 is 52.0. The van der Waals surface area contributed by atoms with Crippen molar-refractivity contribution >= 4 is 27.4 Å². The molecule has 0 bridgehead atoms. The number of sulfonamides is 1. The summed E-state index contributed by atoms with van der Waals surface area (Å²) in [7, 11) is -4.17. The van der Waals surface area contributed by atoms with Crippen molar-refractivity contribution in [2.45, 2.75) is 62.3 Å². The van der Waals surface area contributed by atoms with Crippen LogP contribution in [-0.2, 0) is 14.8 Å². The lowest BCUT2D eigenvalue weighted by molar-refractivity contribution is -0.118. The summed E-state index contributed by atoms with van der Waals surface area (Å²) in [4.78, 5) is 18.3. The molecule has 1 saturated heterocycles. The largest absolute Gasteiger partial charge is 0.370 e. The first-order chi connectivity index (χ1) is 14.3. The van der Waals surface area contributed by atoms with E-state index in [1.807, 2.05) is 9.62 Å². The quantitative estimate of drug-likeness (QED) is 0.564. The van der Waals surface area contributed by atoms with Gasteiger partial charge in [-0.1, -0.05) is 19.3 Å². The Balaban J connectivity index is 1.81. The summed E-state index contributed by atoms with van der Waals surface area (Å²) in [6, 6.07) is 0.826. The van der Waals surface area contributed by atoms with Gasteiger partial charge in [-0.15, -0.1) is 0 Å². The van der Waals surface area contributed by atoms with Gasteiger partial charge in [-0.05, 0) is 31.6 Å². The van der Waals surface area contributed by atoms with E-state index in [1.54, 1.807) is 0 Å². The number of aromatic nitrogens is 1. The van der Waals surface area contributed by atoms with Gasteiger partial charge in [-0.25, -0.2) is 26.9 Å². The predicted molar refractivity (Wildman–Crippen MR) is 110 cm³/mol. The fraction of sp³-hybridized carbons (Fsp3) is 0.684. The van der Waals surface area contributed by atoms with Gasteiger partial charge < -0.3 is 16.0 Å². The van der Waals surface area contributed by atoms with E-state index in [-0.39, 0.29) is 22.5 Å². The number of hydrogen-bond acceptors (Lipinski definition) is 6. The number of nitrogens with two attached hydrogens (primary N) is 1. The maximum absolute atomic E-state index is 12.6. The SMILES string of the molecule is N[C@H](C(=O)Nc1cc(N2CCCC2)c(S(=O)(=O)NCC(F)F)cn1)C1CCCCC1. The zero-order valence-corrected chi connectivity index (χ0v) is 17.6. The average molecular weight is 446 g/mol. The first-order valence-corrected chi connectivity index (χ1v) is 11.9. The van der Waals surface area contributed by atoms with Crippen LogP contribution in [0.4, 0.5) is 20.3 Å². The van der Waals surface area contributed by atoms with Crippen LogP contribution in [0, 0.1) is 5.92 Å². The molecular weight excluding hydrogens is 416 g/mol. The van der Waals surface area contributed by atoms with E-state index < -0.39 is 29.0 Å². The van der Waals surface area contributed by atoms with Crippen molar-refractivity contribution in [2.24, 2.45) is 11.7 Å². The topological polar surface area (TPSA) is 117 Å². The van der Waals surface area contributed by atoms with Crippen molar-refractivity contribution in [3.8, 4) is 0 Å². The summed E-state index contributed by atoms with van der Waals surface area (Å²) in [6.07, 6.45) is 5.17. The van der Waals surface area contributed by atoms with Gasteiger partial charge in [0.2, 0.25) is 15.9 Å². The second-order valence-corrected chi connectivity index (χ2v) is 9.62. The number of nitrogens with one attached hydrogen (secondary N) is 2. The third-order valence-corrected chi connectivity index (χ3v) is 7.16. The second-order valence-electron chi connectivity index (χ2n) is 7.89. The number of halogens is 2. The number of nitrogens with zero attached hydrogens (tertiary/aromatic N) is 2. The fourth-order valence-corrected chi connectivity index (χ4v) is 5.24. The molecule has 1 aromatic heterocycles. The molecule has 1 amide bonds. The highest BCUT2D eigenvalue weighted by molar-refractivity contribution is 7.89. The van der Waals surface area contributed by atoms with Crippen LogP contribution in [0.15, 0.2) is 17.2 Å². The molecule has 168 valence electrons. The highest BCUT2D eigenvalue weighted by Gasteiger charge is 2.28. The van der Waals surface area contributed by atoms with Gasteiger partial charge in [0.1, 0.15) is 10.7 Å². The van der Waals surface area contributed by atoms with Crippen LogP contribution >= 0.6 is 0 Å². The minimum absolute atomic E-state index is 0.120. The number of carbonyl (C=O) groups excluding carboxylic acids is 1. The summed E-state index contributed by atoms with van der Waals surface area (Å²) in [5, 5.41) is 2.69. The van der Waals surface area contributed by atoms with Crippen LogP contribution in [-0.4, -0.2) is 51.4 Å². The monoisotopic (exact) mass is 445 g/mol. The Labute approximate surface area is 175 Å². The van der Waals surface area contributed by atoms with Crippen LogP contribution in [0.3, 0.4) is 0 Å². The number of rotatable bonds is 8. The van der Waals surface area contributed by atoms with E-state index in [2.05, 4.69) is 10.3 Å². The van der Waals surface area contributed by atoms with Crippen molar-refractivity contribution in [1.29, 1.82) is 0 Å². The Morgan fingerprint density at radius 2 is 1.87 bits per heavy atom. The van der Waals surface area contributed by atoms with E-state index >= 15 is 0 Å². The minimum atomic E-state index is -4.17. The Hall–Kier alpha value is -1.85. The second kappa shape index (κ2) is 9.97. The number of anilines is 2. The molecule has 4 N–H and O–H groups in total. The molecule has 2 aliphatic rings. The van der Waals surface area contributed by atoms with Crippen LogP contribution < -0.4 is 20.7 Å². The van der Waals surface area contributed by atoms with E-state index in [1.165, 1.54) is 6.07 Å². The molecule has 30 heavy (non-hydrogen) atoms. The molecule has 3 rings (SSSR count). The van der Waals surface area contributed by atoms with Crippen molar-refractivity contribution in [3.05, 3.63) is 12.3 Å². The lowest BCUT2D eigenvalue weighted by Crippen LogP contribution is -2.42. The molecule has 8 nitrogen and oxygen atoms in total. The lowest BCUT2D eigenvalue weighted by atomic mass is 9.84. The van der Waals surface area contributed by atoms with Crippen LogP contribution in [0.25, 0.3) is 0 Å². The Bertz CT molecular complexity index is 841. The van der Waals surface area contributed by atoms with Gasteiger partial charge in [0, 0.05) is 19.2 Å². The molecule has 1 aliphatic carbocycles. The zero-order chi connectivity index (χ0) is 21.7. The molecular formula is C19H29F2N5O3S. The molecule has 11 heteroatoms. The maximum atomic E-state index is 12.6. The van der Waals surface area contributed by atoms with Gasteiger partial charge in [0.05, 0.1) is 24.5 Å². The van der Waals surface area contributed by atoms with Crippen LogP contribution in [0.1, 0.15) is 44.9 Å². The molecule has 1 aliphatic heterocycles. The molecule has 0 unspecified atom stereocenters. The highest BCUT2D eigenvalue weighted by atomic mass is 32.2. The minimum Gasteiger partial charge on any atom is -0.370 e. The molecule has 0 spiro atoms. The van der Waals surface area contributed by atoms with Gasteiger partial charge in [0.25, 0.3) is 6.43 Å². The maximum Gasteiger partial charge on any atom is 0.251 e. The normalized spacial score (nSPS) is 19.3. The molecule has 0 aromatic carbocycles. The first-order valence-electron chi connectivity index (χ1n) is 10.4. The summed E-state index contributed by atoms with van der Waals surface area (Å²) >= 11 is 0. The van der Waals surface area contributed by atoms with Crippen LogP contribution in [0.2, 0.25) is 0 Å². The van der Waals surface area contributed by atoms with E-state index in [0.29, 0.717) is 18.8 Å². The van der Waals surface area contributed by atoms with E-state index in [9.17, 15) is 22.0 Å². The molecule has 1 aromatic rings. The van der Waals surface area contributed by atoms with Gasteiger partial charge in [-0.2, -0.15) is 0 Å². The summed E-state index contributed by atoms with van der Waals surface area (Å²) in [5.74, 6) is -0.0378. The summed E-state index contributed by atoms with van der Waals surface area (Å²) in [6.45, 7) is 0.295. The predicted octanol–water partition coefficient (Wildman–Crippen LogP) is 2.07. The Morgan fingerprint density at radius 1 is 1.20 bits per heavy atom. The van der Waals surface area contributed by atoms with Gasteiger partial charge in [0.15, 0.2) is 0 Å². The first kappa shape index (κ1) is 22.8. The van der Waals surface area contributed by atoms with Crippen molar-refractivity contribution < 1.29 is 22.0 Å². The highest BCUT2D eigenvalue weighted by Crippen LogP contribution is 2.30. The molecule has 2 fully saturated rings. The van der Waals surface area contributed by atoms with Crippen molar-refractivity contribution in [2.75, 3.05) is 29.9 Å². The molecule has 2 heterocycles. The number of pyridine rings is 1. The average Bonchev–Trinajstić information content (AvgIpc) is 3.27. The van der Waals surface area contributed by atoms with Gasteiger partial charge >= 0.3 is 0 Å². The zero-order valence-electron chi connectivity index (χ0n) is 16.8. The van der Waals surface area contributed by atoms with E-state index in [4.69, 9.17) is 5.73 Å². The number of amides is 1. The van der Waals surface area contributed by atoms with Gasteiger partial charge in [-0.3, -0.25) is 4.79 Å². The van der Waals surface area contributed by atoms with Crippen LogP contribution in [0.5, 0.6) is 0 Å². The smallest absolute Gasteiger partial charge is 0.251 e. The number of carbonyl (C=O) groups is 1. The summed E-state index contributed by atoms with van der Waals surface area (Å²) in [5.41, 5.74) is 6.48. The van der Waals surface area contributed by atoms with Crippen molar-refractivity contribution in [3.63, 3.8) is 0 Å². The molecule has 1 atom stereocenters. The Morgan fingerprint density at radius 3 is 2.50 bits per heavy atom. The fourth-order valence-electron chi connectivity index (χ4n) is 4.08. The third-order valence-electron chi connectivity index (χ3n) is 5.72. The van der Waals surface area contributed by atoms with Crippen molar-refractivity contribution in [1.82, 2.24) is 9.71 Å². The number of alkyl halides is 2. The third kappa shape index (κ3) is 5.64. The van der Waals surface area contributed by atoms with E-state index in [0.717, 1.165) is 51.1 Å². The lowest BCUT2D eigenvalue weighted by Gasteiger charge is -2.27.